The summed E-state index contributed by atoms with van der Waals surface area (Å²) in [5.41, 5.74) is 1.14. The second-order valence-corrected chi connectivity index (χ2v) is 5.24. The van der Waals surface area contributed by atoms with Crippen LogP contribution in [0.25, 0.3) is 0 Å². The van der Waals surface area contributed by atoms with E-state index >= 15 is 0 Å². The normalized spacial score (nSPS) is 10.6. The van der Waals surface area contributed by atoms with Crippen molar-refractivity contribution in [2.45, 2.75) is 6.54 Å². The maximum absolute atomic E-state index is 12.2. The quantitative estimate of drug-likeness (QED) is 0.835. The zero-order valence-electron chi connectivity index (χ0n) is 10.8. The van der Waals surface area contributed by atoms with Gasteiger partial charge >= 0.3 is 0 Å². The summed E-state index contributed by atoms with van der Waals surface area (Å²) in [6, 6.07) is 5.28. The van der Waals surface area contributed by atoms with Crippen LogP contribution < -0.4 is 5.32 Å². The maximum Gasteiger partial charge on any atom is 0.272 e. The molecule has 0 aliphatic carbocycles. The molecule has 0 saturated heterocycles. The summed E-state index contributed by atoms with van der Waals surface area (Å²) < 4.78 is 7.48. The van der Waals surface area contributed by atoms with Gasteiger partial charge in [-0.3, -0.25) is 4.79 Å². The molecule has 0 spiro atoms. The Morgan fingerprint density at radius 3 is 3.10 bits per heavy atom. The van der Waals surface area contributed by atoms with Gasteiger partial charge in [-0.1, -0.05) is 11.6 Å². The minimum absolute atomic E-state index is 0.206. The van der Waals surface area contributed by atoms with Crippen LogP contribution in [0, 0.1) is 0 Å². The molecule has 0 saturated carbocycles. The Morgan fingerprint density at radius 2 is 2.40 bits per heavy atom. The molecule has 106 valence electrons. The molecule has 0 aliphatic heterocycles. The van der Waals surface area contributed by atoms with Crippen molar-refractivity contribution in [1.29, 1.82) is 0 Å². The van der Waals surface area contributed by atoms with Crippen LogP contribution in [-0.2, 0) is 11.3 Å². The number of methoxy groups -OCH3 is 1. The molecule has 0 unspecified atom stereocenters. The van der Waals surface area contributed by atoms with Gasteiger partial charge in [0.25, 0.3) is 5.91 Å². The molecular formula is C13H13BrClN3O2. The van der Waals surface area contributed by atoms with E-state index < -0.39 is 0 Å². The molecule has 0 aliphatic rings. The van der Waals surface area contributed by atoms with E-state index in [1.165, 1.54) is 6.20 Å². The van der Waals surface area contributed by atoms with E-state index in [0.29, 0.717) is 34.2 Å². The molecule has 2 rings (SSSR count). The minimum Gasteiger partial charge on any atom is -0.383 e. The van der Waals surface area contributed by atoms with Crippen LogP contribution in [0.15, 0.2) is 35.1 Å². The number of ether oxygens (including phenoxy) is 1. The zero-order chi connectivity index (χ0) is 14.5. The molecule has 0 fully saturated rings. The summed E-state index contributed by atoms with van der Waals surface area (Å²) in [5, 5.41) is 3.13. The molecule has 7 heteroatoms. The van der Waals surface area contributed by atoms with E-state index in [0.717, 1.165) is 0 Å². The molecule has 2 aromatic rings. The lowest BCUT2D eigenvalue weighted by molar-refractivity contribution is 0.101. The molecule has 1 N–H and O–H groups in total. The molecule has 0 bridgehead atoms. The number of pyridine rings is 1. The fourth-order valence-corrected chi connectivity index (χ4v) is 2.14. The Bertz CT molecular complexity index is 615. The Labute approximate surface area is 130 Å². The average Bonchev–Trinajstić information content (AvgIpc) is 2.89. The number of halogens is 2. The van der Waals surface area contributed by atoms with Crippen molar-refractivity contribution in [1.82, 2.24) is 9.55 Å². The van der Waals surface area contributed by atoms with Crippen molar-refractivity contribution in [3.8, 4) is 0 Å². The Morgan fingerprint density at radius 1 is 1.60 bits per heavy atom. The van der Waals surface area contributed by atoms with Gasteiger partial charge in [0, 0.05) is 19.9 Å². The Hall–Kier alpha value is -1.37. The first kappa shape index (κ1) is 15.0. The fourth-order valence-electron chi connectivity index (χ4n) is 1.69. The number of carbonyl (C=O) groups excluding carboxylic acids is 1. The summed E-state index contributed by atoms with van der Waals surface area (Å²) in [5.74, 6) is -0.206. The smallest absolute Gasteiger partial charge is 0.272 e. The third kappa shape index (κ3) is 3.59. The lowest BCUT2D eigenvalue weighted by Crippen LogP contribution is -2.18. The number of carbonyl (C=O) groups is 1. The Balaban J connectivity index is 2.11. The largest absolute Gasteiger partial charge is 0.383 e. The Kier molecular flexibility index (Phi) is 5.17. The molecule has 2 heterocycles. The molecule has 0 aromatic carbocycles. The van der Waals surface area contributed by atoms with Crippen LogP contribution in [0.3, 0.4) is 0 Å². The van der Waals surface area contributed by atoms with Gasteiger partial charge in [-0.25, -0.2) is 4.98 Å². The summed E-state index contributed by atoms with van der Waals surface area (Å²) in [4.78, 5) is 16.2. The molecule has 5 nitrogen and oxygen atoms in total. The van der Waals surface area contributed by atoms with Crippen LogP contribution in [0.4, 0.5) is 5.69 Å². The molecule has 0 radical (unpaired) electrons. The van der Waals surface area contributed by atoms with Gasteiger partial charge in [0.1, 0.15) is 10.8 Å². The van der Waals surface area contributed by atoms with Crippen molar-refractivity contribution in [3.05, 3.63) is 45.9 Å². The second-order valence-electron chi connectivity index (χ2n) is 4.03. The second kappa shape index (κ2) is 6.88. The first-order valence-electron chi connectivity index (χ1n) is 5.88. The van der Waals surface area contributed by atoms with Crippen molar-refractivity contribution >= 4 is 39.1 Å². The maximum atomic E-state index is 12.2. The van der Waals surface area contributed by atoms with Crippen molar-refractivity contribution in [3.63, 3.8) is 0 Å². The fraction of sp³-hybridized carbons (Fsp3) is 0.231. The number of rotatable bonds is 5. The van der Waals surface area contributed by atoms with Crippen LogP contribution in [0.2, 0.25) is 5.15 Å². The summed E-state index contributed by atoms with van der Waals surface area (Å²) in [6.45, 7) is 1.16. The van der Waals surface area contributed by atoms with E-state index in [4.69, 9.17) is 16.3 Å². The third-order valence-electron chi connectivity index (χ3n) is 2.65. The molecule has 0 atom stereocenters. The van der Waals surface area contributed by atoms with Crippen LogP contribution in [-0.4, -0.2) is 29.2 Å². The summed E-state index contributed by atoms with van der Waals surface area (Å²) in [6.07, 6.45) is 3.34. The van der Waals surface area contributed by atoms with Crippen LogP contribution >= 0.6 is 27.5 Å². The number of nitrogens with one attached hydrogen (secondary N) is 1. The first-order chi connectivity index (χ1) is 9.61. The first-order valence-corrected chi connectivity index (χ1v) is 7.05. The lowest BCUT2D eigenvalue weighted by Gasteiger charge is -2.09. The number of aromatic nitrogens is 2. The van der Waals surface area contributed by atoms with Gasteiger partial charge < -0.3 is 14.6 Å². The predicted octanol–water partition coefficient (Wildman–Crippen LogP) is 3.20. The molecule has 2 aromatic heterocycles. The van der Waals surface area contributed by atoms with Gasteiger partial charge in [-0.05, 0) is 34.1 Å². The summed E-state index contributed by atoms with van der Waals surface area (Å²) in [7, 11) is 1.63. The highest BCUT2D eigenvalue weighted by atomic mass is 79.9. The number of hydrogen-bond acceptors (Lipinski definition) is 3. The van der Waals surface area contributed by atoms with Gasteiger partial charge in [-0.15, -0.1) is 0 Å². The van der Waals surface area contributed by atoms with Gasteiger partial charge in [-0.2, -0.15) is 0 Å². The van der Waals surface area contributed by atoms with Crippen molar-refractivity contribution in [2.24, 2.45) is 0 Å². The SMILES string of the molecule is COCCn1cccc1C(=O)Nc1cnc(Cl)c(Br)c1. The van der Waals surface area contributed by atoms with Gasteiger partial charge in [0.05, 0.1) is 23.0 Å². The van der Waals surface area contributed by atoms with Gasteiger partial charge in [0.2, 0.25) is 0 Å². The van der Waals surface area contributed by atoms with E-state index in [-0.39, 0.29) is 5.91 Å². The zero-order valence-corrected chi connectivity index (χ0v) is 13.1. The number of anilines is 1. The topological polar surface area (TPSA) is 56.1 Å². The number of nitrogens with zero attached hydrogens (tertiary/aromatic N) is 2. The third-order valence-corrected chi connectivity index (χ3v) is 3.79. The standard InChI is InChI=1S/C13H13BrClN3O2/c1-20-6-5-18-4-2-3-11(18)13(19)17-9-7-10(14)12(15)16-8-9/h2-4,7-8H,5-6H2,1H3,(H,17,19). The van der Waals surface area contributed by atoms with Gasteiger partial charge in [0.15, 0.2) is 0 Å². The van der Waals surface area contributed by atoms with Crippen molar-refractivity contribution < 1.29 is 9.53 Å². The highest BCUT2D eigenvalue weighted by Crippen LogP contribution is 2.23. The highest BCUT2D eigenvalue weighted by molar-refractivity contribution is 9.10. The van der Waals surface area contributed by atoms with Crippen molar-refractivity contribution in [2.75, 3.05) is 19.0 Å². The number of amides is 1. The molecule has 1 amide bonds. The minimum atomic E-state index is -0.206. The number of hydrogen-bond donors (Lipinski definition) is 1. The van der Waals surface area contributed by atoms with E-state index in [2.05, 4.69) is 26.2 Å². The van der Waals surface area contributed by atoms with E-state index in [1.807, 2.05) is 16.8 Å². The average molecular weight is 359 g/mol. The molecule has 20 heavy (non-hydrogen) atoms. The van der Waals surface area contributed by atoms with Crippen LogP contribution in [0.5, 0.6) is 0 Å². The predicted molar refractivity (Wildman–Crippen MR) is 81.2 cm³/mol. The monoisotopic (exact) mass is 357 g/mol. The molecular weight excluding hydrogens is 346 g/mol. The van der Waals surface area contributed by atoms with E-state index in [9.17, 15) is 4.79 Å². The highest BCUT2D eigenvalue weighted by Gasteiger charge is 2.11. The van der Waals surface area contributed by atoms with E-state index in [1.54, 1.807) is 19.2 Å². The van der Waals surface area contributed by atoms with Crippen LogP contribution in [0.1, 0.15) is 10.5 Å². The lowest BCUT2D eigenvalue weighted by atomic mass is 10.3. The summed E-state index contributed by atoms with van der Waals surface area (Å²) >= 11 is 9.08.